The van der Waals surface area contributed by atoms with Crippen molar-refractivity contribution in [3.63, 3.8) is 0 Å². The molecule has 1 aromatic rings. The zero-order valence-electron chi connectivity index (χ0n) is 19.1. The van der Waals surface area contributed by atoms with Crippen molar-refractivity contribution < 1.29 is 28.2 Å². The maximum Gasteiger partial charge on any atom is 0.351 e. The van der Waals surface area contributed by atoms with Crippen molar-refractivity contribution in [2.45, 2.75) is 89.3 Å². The number of aromatic nitrogens is 2. The molecule has 1 aliphatic heterocycles. The molecule has 11 heteroatoms. The molecule has 9 nitrogen and oxygen atoms in total. The van der Waals surface area contributed by atoms with E-state index < -0.39 is 48.3 Å². The first-order valence-electron chi connectivity index (χ1n) is 11.4. The van der Waals surface area contributed by atoms with E-state index in [1.54, 1.807) is 0 Å². The molecule has 0 bridgehead atoms. The van der Waals surface area contributed by atoms with Crippen LogP contribution in [-0.2, 0) is 23.8 Å². The highest BCUT2D eigenvalue weighted by Crippen LogP contribution is 2.42. The van der Waals surface area contributed by atoms with Crippen LogP contribution < -0.4 is 11.4 Å². The van der Waals surface area contributed by atoms with E-state index in [0.717, 1.165) is 30.3 Å². The summed E-state index contributed by atoms with van der Waals surface area (Å²) in [6.07, 6.45) is 1.37. The van der Waals surface area contributed by atoms with Gasteiger partial charge in [-0.25, -0.2) is 9.18 Å². The van der Waals surface area contributed by atoms with Gasteiger partial charge >= 0.3 is 17.6 Å². The molecule has 0 radical (unpaired) electrons. The van der Waals surface area contributed by atoms with E-state index in [9.17, 15) is 14.4 Å². The third-order valence-electron chi connectivity index (χ3n) is 5.49. The molecule has 2 heterocycles. The molecule has 1 fully saturated rings. The summed E-state index contributed by atoms with van der Waals surface area (Å²) in [4.78, 5) is 40.4. The van der Waals surface area contributed by atoms with E-state index in [1.165, 1.54) is 12.3 Å². The molecule has 0 unspecified atom stereocenters. The molecule has 0 spiro atoms. The Balaban J connectivity index is 2.26. The minimum Gasteiger partial charge on any atom is -0.462 e. The highest BCUT2D eigenvalue weighted by Gasteiger charge is 2.59. The molecule has 33 heavy (non-hydrogen) atoms. The van der Waals surface area contributed by atoms with E-state index in [4.69, 9.17) is 31.5 Å². The van der Waals surface area contributed by atoms with Gasteiger partial charge in [-0.2, -0.15) is 4.98 Å². The smallest absolute Gasteiger partial charge is 0.351 e. The van der Waals surface area contributed by atoms with E-state index in [1.807, 2.05) is 13.8 Å². The van der Waals surface area contributed by atoms with Crippen LogP contribution in [0.15, 0.2) is 17.1 Å². The quantitative estimate of drug-likeness (QED) is 0.254. The van der Waals surface area contributed by atoms with Crippen molar-refractivity contribution in [3.05, 3.63) is 22.7 Å². The van der Waals surface area contributed by atoms with Crippen molar-refractivity contribution in [1.82, 2.24) is 9.55 Å². The summed E-state index contributed by atoms with van der Waals surface area (Å²) in [5.41, 5.74) is 3.01. The Bertz CT molecular complexity index is 854. The molecule has 0 aromatic carbocycles. The van der Waals surface area contributed by atoms with Crippen molar-refractivity contribution >= 4 is 29.4 Å². The summed E-state index contributed by atoms with van der Waals surface area (Å²) >= 11 is 6.17. The Morgan fingerprint density at radius 2 is 1.85 bits per heavy atom. The van der Waals surface area contributed by atoms with Crippen molar-refractivity contribution in [2.75, 3.05) is 18.2 Å². The van der Waals surface area contributed by atoms with Gasteiger partial charge in [0.1, 0.15) is 12.4 Å². The van der Waals surface area contributed by atoms with Crippen LogP contribution in [0.3, 0.4) is 0 Å². The van der Waals surface area contributed by atoms with E-state index in [0.29, 0.717) is 12.8 Å². The van der Waals surface area contributed by atoms with Gasteiger partial charge in [0.2, 0.25) is 0 Å². The number of carbonyl (C=O) groups excluding carboxylic acids is 2. The fraction of sp³-hybridized carbons (Fsp3) is 0.727. The number of nitrogen functional groups attached to an aromatic ring is 1. The highest BCUT2D eigenvalue weighted by molar-refractivity contribution is 6.18. The molecule has 0 aliphatic carbocycles. The number of hydrogen-bond donors (Lipinski definition) is 1. The number of rotatable bonds is 13. The predicted octanol–water partition coefficient (Wildman–Crippen LogP) is 3.29. The van der Waals surface area contributed by atoms with Crippen molar-refractivity contribution in [3.8, 4) is 0 Å². The first kappa shape index (κ1) is 27.0. The number of unbranched alkanes of at least 4 members (excludes halogenated alkanes) is 4. The van der Waals surface area contributed by atoms with Gasteiger partial charge in [-0.3, -0.25) is 14.2 Å². The van der Waals surface area contributed by atoms with Crippen molar-refractivity contribution in [2.24, 2.45) is 0 Å². The second-order valence-electron chi connectivity index (χ2n) is 8.18. The zero-order valence-corrected chi connectivity index (χ0v) is 19.9. The second-order valence-corrected chi connectivity index (χ2v) is 8.45. The number of nitrogens with zero attached hydrogens (tertiary/aromatic N) is 2. The van der Waals surface area contributed by atoms with Crippen LogP contribution in [0.25, 0.3) is 0 Å². The molecule has 2 rings (SSSR count). The summed E-state index contributed by atoms with van der Waals surface area (Å²) in [5.74, 6) is -1.48. The van der Waals surface area contributed by atoms with Crippen LogP contribution in [0.5, 0.6) is 0 Å². The SMILES string of the molecule is CCCCCC(=O)OC[C@@]1(CCl)O[C@@H](n2ccc(N)nc2=O)[C@H](F)[C@@H]1OC(=O)CCCCC. The molecule has 1 saturated heterocycles. The van der Waals surface area contributed by atoms with E-state index >= 15 is 4.39 Å². The summed E-state index contributed by atoms with van der Waals surface area (Å²) in [6.45, 7) is 3.57. The summed E-state index contributed by atoms with van der Waals surface area (Å²) in [7, 11) is 0. The number of nitrogens with two attached hydrogens (primary N) is 1. The van der Waals surface area contributed by atoms with Crippen LogP contribution in [0, 0.1) is 0 Å². The molecule has 186 valence electrons. The predicted molar refractivity (Wildman–Crippen MR) is 121 cm³/mol. The molecular formula is C22H33ClFN3O6. The Labute approximate surface area is 197 Å². The highest BCUT2D eigenvalue weighted by atomic mass is 35.5. The average molecular weight is 490 g/mol. The third-order valence-corrected chi connectivity index (χ3v) is 5.94. The molecule has 4 atom stereocenters. The van der Waals surface area contributed by atoms with Crippen LogP contribution in [0.4, 0.5) is 10.2 Å². The molecule has 0 saturated carbocycles. The van der Waals surface area contributed by atoms with Crippen LogP contribution >= 0.6 is 11.6 Å². The lowest BCUT2D eigenvalue weighted by molar-refractivity contribution is -0.174. The average Bonchev–Trinajstić information content (AvgIpc) is 3.05. The van der Waals surface area contributed by atoms with E-state index in [2.05, 4.69) is 4.98 Å². The molecule has 1 aliphatic rings. The van der Waals surface area contributed by atoms with Gasteiger partial charge in [0.05, 0.1) is 5.88 Å². The lowest BCUT2D eigenvalue weighted by Gasteiger charge is -2.31. The number of ether oxygens (including phenoxy) is 3. The van der Waals surface area contributed by atoms with Gasteiger partial charge in [0, 0.05) is 19.0 Å². The van der Waals surface area contributed by atoms with Gasteiger partial charge in [0.15, 0.2) is 24.1 Å². The summed E-state index contributed by atoms with van der Waals surface area (Å²) < 4.78 is 33.1. The number of halogens is 2. The topological polar surface area (TPSA) is 123 Å². The van der Waals surface area contributed by atoms with Crippen LogP contribution in [0.1, 0.15) is 71.4 Å². The maximum absolute atomic E-state index is 15.6. The Kier molecular flexibility index (Phi) is 10.6. The normalized spacial score (nSPS) is 24.5. The van der Waals surface area contributed by atoms with Gasteiger partial charge in [-0.05, 0) is 18.9 Å². The minimum atomic E-state index is -1.96. The number of esters is 2. The molecule has 2 N–H and O–H groups in total. The maximum atomic E-state index is 15.6. The fourth-order valence-corrected chi connectivity index (χ4v) is 3.88. The third kappa shape index (κ3) is 7.14. The number of hydrogen-bond acceptors (Lipinski definition) is 8. The standard InChI is InChI=1S/C22H33ClFN3O6/c1-3-5-7-9-16(28)31-14-22(13-23)19(32-17(29)10-8-6-4-2)18(24)20(33-22)27-12-11-15(25)26-21(27)30/h11-12,18-20H,3-10,13-14H2,1-2H3,(H2,25,26,30)/t18-,19+,20-,22-/m1/s1. The number of carbonyl (C=O) groups is 2. The van der Waals surface area contributed by atoms with Gasteiger partial charge in [-0.15, -0.1) is 11.6 Å². The monoisotopic (exact) mass is 489 g/mol. The Hall–Kier alpha value is -2.20. The largest absolute Gasteiger partial charge is 0.462 e. The summed E-state index contributed by atoms with van der Waals surface area (Å²) in [5, 5.41) is 0. The lowest BCUT2D eigenvalue weighted by atomic mass is 9.98. The first-order chi connectivity index (χ1) is 15.8. The number of anilines is 1. The van der Waals surface area contributed by atoms with Gasteiger partial charge < -0.3 is 19.9 Å². The van der Waals surface area contributed by atoms with Gasteiger partial charge in [0.25, 0.3) is 0 Å². The first-order valence-corrected chi connectivity index (χ1v) is 11.9. The lowest BCUT2D eigenvalue weighted by Crippen LogP contribution is -2.50. The van der Waals surface area contributed by atoms with Crippen LogP contribution in [0.2, 0.25) is 0 Å². The number of alkyl halides is 2. The van der Waals surface area contributed by atoms with Crippen LogP contribution in [-0.4, -0.2) is 51.9 Å². The molecule has 0 amide bonds. The summed E-state index contributed by atoms with van der Waals surface area (Å²) in [6, 6.07) is 1.32. The second kappa shape index (κ2) is 12.9. The minimum absolute atomic E-state index is 0.0341. The Morgan fingerprint density at radius 3 is 2.42 bits per heavy atom. The zero-order chi connectivity index (χ0) is 24.4. The van der Waals surface area contributed by atoms with Gasteiger partial charge in [-0.1, -0.05) is 39.5 Å². The molecular weight excluding hydrogens is 457 g/mol. The van der Waals surface area contributed by atoms with Crippen molar-refractivity contribution in [1.29, 1.82) is 0 Å². The van der Waals surface area contributed by atoms with E-state index in [-0.39, 0.29) is 24.5 Å². The molecule has 1 aromatic heterocycles. The fourth-order valence-electron chi connectivity index (χ4n) is 3.59. The Morgan fingerprint density at radius 1 is 1.21 bits per heavy atom.